The van der Waals surface area contributed by atoms with Crippen molar-refractivity contribution in [3.63, 3.8) is 0 Å². The third kappa shape index (κ3) is 0.794. The van der Waals surface area contributed by atoms with E-state index in [4.69, 9.17) is 10.8 Å². The Labute approximate surface area is 58.0 Å². The van der Waals surface area contributed by atoms with E-state index in [1.807, 2.05) is 0 Å². The van der Waals surface area contributed by atoms with Crippen molar-refractivity contribution < 1.29 is 14.3 Å². The van der Waals surface area contributed by atoms with Gasteiger partial charge in [-0.1, -0.05) is 0 Å². The molecule has 1 saturated carbocycles. The Kier molecular flexibility index (Phi) is 1.26. The molecule has 1 aliphatic carbocycles. The van der Waals surface area contributed by atoms with Gasteiger partial charge in [0.05, 0.1) is 0 Å². The first-order chi connectivity index (χ1) is 4.40. The average Bonchev–Trinajstić information content (AvgIpc) is 2.48. The van der Waals surface area contributed by atoms with Gasteiger partial charge in [0.1, 0.15) is 11.2 Å². The predicted octanol–water partition coefficient (Wildman–Crippen LogP) is 0.290. The lowest BCUT2D eigenvalue weighted by molar-refractivity contribution is -0.145. The number of carboxylic acids is 1. The van der Waals surface area contributed by atoms with Crippen LogP contribution in [0.1, 0.15) is 19.8 Å². The van der Waals surface area contributed by atoms with Crippen LogP contribution in [0.15, 0.2) is 0 Å². The predicted molar refractivity (Wildman–Crippen MR) is 33.3 cm³/mol. The highest BCUT2D eigenvalue weighted by molar-refractivity contribution is 5.80. The van der Waals surface area contributed by atoms with Crippen molar-refractivity contribution in [2.75, 3.05) is 0 Å². The minimum atomic E-state index is -1.70. The summed E-state index contributed by atoms with van der Waals surface area (Å²) >= 11 is 0. The Balaban J connectivity index is 2.77. The van der Waals surface area contributed by atoms with Gasteiger partial charge in [-0.05, 0) is 19.8 Å². The lowest BCUT2D eigenvalue weighted by Gasteiger charge is -2.22. The summed E-state index contributed by atoms with van der Waals surface area (Å²) in [6.45, 7) is 1.21. The van der Waals surface area contributed by atoms with Gasteiger partial charge < -0.3 is 10.8 Å². The van der Waals surface area contributed by atoms with Crippen molar-refractivity contribution in [1.29, 1.82) is 0 Å². The number of aliphatic carboxylic acids is 1. The Bertz CT molecular complexity index is 175. The van der Waals surface area contributed by atoms with E-state index in [0.717, 1.165) is 0 Å². The molecule has 1 aliphatic rings. The average molecular weight is 147 g/mol. The van der Waals surface area contributed by atoms with Crippen molar-refractivity contribution in [1.82, 2.24) is 0 Å². The Morgan fingerprint density at radius 2 is 2.20 bits per heavy atom. The smallest absolute Gasteiger partial charge is 0.326 e. The van der Waals surface area contributed by atoms with Crippen LogP contribution >= 0.6 is 0 Å². The zero-order chi connectivity index (χ0) is 7.99. The molecule has 3 nitrogen and oxygen atoms in total. The lowest BCUT2D eigenvalue weighted by Crippen LogP contribution is -2.54. The molecule has 0 spiro atoms. The van der Waals surface area contributed by atoms with Crippen LogP contribution in [0, 0.1) is 0 Å². The van der Waals surface area contributed by atoms with Gasteiger partial charge in [-0.25, -0.2) is 4.39 Å². The first kappa shape index (κ1) is 7.47. The van der Waals surface area contributed by atoms with Gasteiger partial charge in [-0.2, -0.15) is 0 Å². The molecule has 0 saturated heterocycles. The minimum Gasteiger partial charge on any atom is -0.480 e. The van der Waals surface area contributed by atoms with Gasteiger partial charge in [0.15, 0.2) is 0 Å². The van der Waals surface area contributed by atoms with Crippen molar-refractivity contribution >= 4 is 5.97 Å². The molecule has 1 fully saturated rings. The molecule has 0 aromatic heterocycles. The molecule has 1 rings (SSSR count). The molecule has 3 N–H and O–H groups in total. The largest absolute Gasteiger partial charge is 0.480 e. The van der Waals surface area contributed by atoms with Crippen LogP contribution in [-0.4, -0.2) is 22.3 Å². The highest BCUT2D eigenvalue weighted by Crippen LogP contribution is 2.47. The number of hydrogen-bond donors (Lipinski definition) is 2. The van der Waals surface area contributed by atoms with E-state index in [1.54, 1.807) is 0 Å². The SMILES string of the molecule is CC(N)(C(=O)O)C1(F)CC1. The topological polar surface area (TPSA) is 63.3 Å². The van der Waals surface area contributed by atoms with Gasteiger partial charge in [0, 0.05) is 0 Å². The molecule has 0 radical (unpaired) electrons. The molecule has 4 heteroatoms. The number of hydrogen-bond acceptors (Lipinski definition) is 2. The molecular weight excluding hydrogens is 137 g/mol. The number of carbonyl (C=O) groups is 1. The summed E-state index contributed by atoms with van der Waals surface area (Å²) in [5.74, 6) is -1.27. The van der Waals surface area contributed by atoms with E-state index in [9.17, 15) is 9.18 Å². The van der Waals surface area contributed by atoms with Crippen LogP contribution in [0.5, 0.6) is 0 Å². The second kappa shape index (κ2) is 1.69. The molecule has 0 aliphatic heterocycles. The van der Waals surface area contributed by atoms with Crippen LogP contribution in [0.4, 0.5) is 4.39 Å². The Hall–Kier alpha value is -0.640. The van der Waals surface area contributed by atoms with Crippen LogP contribution < -0.4 is 5.73 Å². The summed E-state index contributed by atoms with van der Waals surface area (Å²) in [5.41, 5.74) is 1.87. The zero-order valence-electron chi connectivity index (χ0n) is 5.72. The third-order valence-electron chi connectivity index (χ3n) is 2.06. The molecule has 0 aromatic carbocycles. The number of halogens is 1. The summed E-state index contributed by atoms with van der Waals surface area (Å²) in [7, 11) is 0. The second-order valence-corrected chi connectivity index (χ2v) is 2.97. The van der Waals surface area contributed by atoms with Gasteiger partial charge in [0.25, 0.3) is 0 Å². The van der Waals surface area contributed by atoms with Crippen LogP contribution in [0.2, 0.25) is 0 Å². The zero-order valence-corrected chi connectivity index (χ0v) is 5.72. The van der Waals surface area contributed by atoms with E-state index in [-0.39, 0.29) is 12.8 Å². The van der Waals surface area contributed by atoms with Gasteiger partial charge in [-0.3, -0.25) is 4.79 Å². The van der Waals surface area contributed by atoms with Crippen molar-refractivity contribution in [2.45, 2.75) is 31.0 Å². The molecule has 58 valence electrons. The maximum Gasteiger partial charge on any atom is 0.326 e. The van der Waals surface area contributed by atoms with Crippen LogP contribution in [-0.2, 0) is 4.79 Å². The number of alkyl halides is 1. The maximum absolute atomic E-state index is 13.0. The third-order valence-corrected chi connectivity index (χ3v) is 2.06. The fourth-order valence-electron chi connectivity index (χ4n) is 0.821. The van der Waals surface area contributed by atoms with Crippen molar-refractivity contribution in [3.05, 3.63) is 0 Å². The summed E-state index contributed by atoms with van der Waals surface area (Å²) in [5, 5.41) is 8.45. The van der Waals surface area contributed by atoms with E-state index >= 15 is 0 Å². The van der Waals surface area contributed by atoms with E-state index in [1.165, 1.54) is 6.92 Å². The van der Waals surface area contributed by atoms with Gasteiger partial charge >= 0.3 is 5.97 Å². The summed E-state index contributed by atoms with van der Waals surface area (Å²) in [4.78, 5) is 10.3. The first-order valence-corrected chi connectivity index (χ1v) is 3.11. The number of nitrogens with two attached hydrogens (primary N) is 1. The summed E-state index contributed by atoms with van der Waals surface area (Å²) < 4.78 is 13.0. The normalized spacial score (nSPS) is 27.1. The summed E-state index contributed by atoms with van der Waals surface area (Å²) in [6, 6.07) is 0. The fraction of sp³-hybridized carbons (Fsp3) is 0.833. The Morgan fingerprint density at radius 3 is 2.30 bits per heavy atom. The second-order valence-electron chi connectivity index (χ2n) is 2.97. The molecule has 10 heavy (non-hydrogen) atoms. The highest BCUT2D eigenvalue weighted by atomic mass is 19.1. The van der Waals surface area contributed by atoms with Crippen LogP contribution in [0.3, 0.4) is 0 Å². The molecule has 1 atom stereocenters. The highest BCUT2D eigenvalue weighted by Gasteiger charge is 2.60. The Morgan fingerprint density at radius 1 is 1.80 bits per heavy atom. The van der Waals surface area contributed by atoms with E-state index in [0.29, 0.717) is 0 Å². The van der Waals surface area contributed by atoms with Crippen molar-refractivity contribution in [2.24, 2.45) is 5.73 Å². The van der Waals surface area contributed by atoms with Gasteiger partial charge in [0.2, 0.25) is 0 Å². The van der Waals surface area contributed by atoms with E-state index < -0.39 is 17.2 Å². The lowest BCUT2D eigenvalue weighted by atomic mass is 9.95. The quantitative estimate of drug-likeness (QED) is 0.590. The molecular formula is C6H10FNO2. The number of rotatable bonds is 2. The van der Waals surface area contributed by atoms with Crippen LogP contribution in [0.25, 0.3) is 0 Å². The molecule has 0 heterocycles. The minimum absolute atomic E-state index is 0.270. The van der Waals surface area contributed by atoms with Gasteiger partial charge in [-0.15, -0.1) is 0 Å². The van der Waals surface area contributed by atoms with E-state index in [2.05, 4.69) is 0 Å². The number of carboxylic acid groups (broad SMARTS) is 1. The molecule has 0 amide bonds. The molecule has 0 bridgehead atoms. The first-order valence-electron chi connectivity index (χ1n) is 3.11. The standard InChI is InChI=1S/C6H10FNO2/c1-5(8,4(9)10)6(7)2-3-6/h2-3,8H2,1H3,(H,9,10). The fourth-order valence-corrected chi connectivity index (χ4v) is 0.821. The summed E-state index contributed by atoms with van der Waals surface area (Å²) in [6.07, 6.45) is 0.540. The molecule has 1 unspecified atom stereocenters. The molecule has 0 aromatic rings. The monoisotopic (exact) mass is 147 g/mol. The van der Waals surface area contributed by atoms with Crippen molar-refractivity contribution in [3.8, 4) is 0 Å². The maximum atomic E-state index is 13.0.